The van der Waals surface area contributed by atoms with Crippen molar-refractivity contribution in [2.75, 3.05) is 11.9 Å². The van der Waals surface area contributed by atoms with Gasteiger partial charge in [0.05, 0.1) is 0 Å². The number of halogens is 4. The third-order valence-electron chi connectivity index (χ3n) is 3.70. The summed E-state index contributed by atoms with van der Waals surface area (Å²) >= 11 is 0. The lowest BCUT2D eigenvalue weighted by molar-refractivity contribution is 0.299. The zero-order valence-corrected chi connectivity index (χ0v) is 10.6. The van der Waals surface area contributed by atoms with Crippen LogP contribution in [0.15, 0.2) is 0 Å². The number of nitrogens with zero attached hydrogens (tertiary/aromatic N) is 1. The number of hydrogen-bond acceptors (Lipinski definition) is 2. The van der Waals surface area contributed by atoms with Crippen molar-refractivity contribution in [2.45, 2.75) is 32.6 Å². The zero-order valence-electron chi connectivity index (χ0n) is 10.6. The molecule has 1 fully saturated rings. The smallest absolute Gasteiger partial charge is 0.253 e. The SMILES string of the molecule is CC1CCC(CNc2c(F)c(F)nc(F)c2F)CC1. The Morgan fingerprint density at radius 3 is 2.05 bits per heavy atom. The molecule has 0 radical (unpaired) electrons. The molecule has 0 saturated heterocycles. The van der Waals surface area contributed by atoms with Crippen LogP contribution in [0.5, 0.6) is 0 Å². The van der Waals surface area contributed by atoms with Gasteiger partial charge in [0.15, 0.2) is 0 Å². The highest BCUT2D eigenvalue weighted by atomic mass is 19.2. The van der Waals surface area contributed by atoms with Gasteiger partial charge in [-0.05, 0) is 24.7 Å². The minimum atomic E-state index is -1.63. The Bertz CT molecular complexity index is 430. The molecule has 106 valence electrons. The molecule has 2 rings (SSSR count). The lowest BCUT2D eigenvalue weighted by atomic mass is 9.83. The molecule has 0 spiro atoms. The van der Waals surface area contributed by atoms with Gasteiger partial charge in [0.2, 0.25) is 11.6 Å². The average Bonchev–Trinajstić information content (AvgIpc) is 2.38. The fourth-order valence-electron chi connectivity index (χ4n) is 2.42. The van der Waals surface area contributed by atoms with Crippen molar-refractivity contribution in [2.24, 2.45) is 11.8 Å². The van der Waals surface area contributed by atoms with Gasteiger partial charge in [-0.3, -0.25) is 0 Å². The molecule has 0 aromatic carbocycles. The van der Waals surface area contributed by atoms with Crippen molar-refractivity contribution in [1.29, 1.82) is 0 Å². The molecule has 1 N–H and O–H groups in total. The van der Waals surface area contributed by atoms with Crippen molar-refractivity contribution >= 4 is 5.69 Å². The maximum atomic E-state index is 13.4. The van der Waals surface area contributed by atoms with E-state index in [0.29, 0.717) is 12.5 Å². The van der Waals surface area contributed by atoms with Gasteiger partial charge in [-0.1, -0.05) is 19.8 Å². The molecule has 19 heavy (non-hydrogen) atoms. The van der Waals surface area contributed by atoms with Gasteiger partial charge >= 0.3 is 0 Å². The number of rotatable bonds is 3. The fraction of sp³-hybridized carbons (Fsp3) is 0.615. The van der Waals surface area contributed by atoms with E-state index in [2.05, 4.69) is 17.2 Å². The monoisotopic (exact) mass is 276 g/mol. The van der Waals surface area contributed by atoms with Crippen molar-refractivity contribution in [3.05, 3.63) is 23.5 Å². The zero-order chi connectivity index (χ0) is 14.0. The molecule has 1 aliphatic carbocycles. The van der Waals surface area contributed by atoms with Crippen molar-refractivity contribution in [1.82, 2.24) is 4.98 Å². The number of nitrogens with one attached hydrogen (secondary N) is 1. The number of hydrogen-bond donors (Lipinski definition) is 1. The van der Waals surface area contributed by atoms with E-state index in [1.165, 1.54) is 0 Å². The molecule has 1 heterocycles. The normalized spacial score (nSPS) is 23.4. The molecule has 0 aliphatic heterocycles. The summed E-state index contributed by atoms with van der Waals surface area (Å²) in [7, 11) is 0. The second-order valence-electron chi connectivity index (χ2n) is 5.20. The average molecular weight is 276 g/mol. The maximum absolute atomic E-state index is 13.4. The van der Waals surface area contributed by atoms with Gasteiger partial charge in [-0.2, -0.15) is 22.5 Å². The highest BCUT2D eigenvalue weighted by molar-refractivity contribution is 5.45. The summed E-state index contributed by atoms with van der Waals surface area (Å²) in [6.45, 7) is 2.47. The van der Waals surface area contributed by atoms with E-state index in [1.807, 2.05) is 0 Å². The van der Waals surface area contributed by atoms with E-state index in [1.54, 1.807) is 0 Å². The first kappa shape index (κ1) is 14.1. The summed E-state index contributed by atoms with van der Waals surface area (Å²) in [5, 5.41) is 2.48. The first-order chi connectivity index (χ1) is 8.99. The third-order valence-corrected chi connectivity index (χ3v) is 3.70. The van der Waals surface area contributed by atoms with Crippen molar-refractivity contribution < 1.29 is 17.6 Å². The minimum Gasteiger partial charge on any atom is -0.380 e. The molecule has 6 heteroatoms. The Morgan fingerprint density at radius 1 is 1.00 bits per heavy atom. The van der Waals surface area contributed by atoms with Crippen LogP contribution in [0.25, 0.3) is 0 Å². The van der Waals surface area contributed by atoms with E-state index in [4.69, 9.17) is 0 Å². The summed E-state index contributed by atoms with van der Waals surface area (Å²) < 4.78 is 52.5. The standard InChI is InChI=1S/C13H16F4N2/c1-7-2-4-8(5-3-7)6-18-11-9(14)12(16)19-13(17)10(11)15/h7-8H,2-6H2,1H3,(H,18,19). The third kappa shape index (κ3) is 3.16. The van der Waals surface area contributed by atoms with Crippen LogP contribution < -0.4 is 5.32 Å². The summed E-state index contributed by atoms with van der Waals surface area (Å²) in [5.74, 6) is -5.25. The van der Waals surface area contributed by atoms with Gasteiger partial charge in [-0.15, -0.1) is 0 Å². The van der Waals surface area contributed by atoms with Crippen molar-refractivity contribution in [3.8, 4) is 0 Å². The molecule has 0 bridgehead atoms. The molecule has 1 aromatic rings. The van der Waals surface area contributed by atoms with Crippen LogP contribution in [0.1, 0.15) is 32.6 Å². The van der Waals surface area contributed by atoms with Crippen LogP contribution >= 0.6 is 0 Å². The predicted octanol–water partition coefficient (Wildman–Crippen LogP) is 3.88. The van der Waals surface area contributed by atoms with Crippen LogP contribution in [-0.4, -0.2) is 11.5 Å². The van der Waals surface area contributed by atoms with Gasteiger partial charge in [-0.25, -0.2) is 0 Å². The van der Waals surface area contributed by atoms with Gasteiger partial charge in [0.1, 0.15) is 5.69 Å². The van der Waals surface area contributed by atoms with Gasteiger partial charge < -0.3 is 5.32 Å². The van der Waals surface area contributed by atoms with Gasteiger partial charge in [0.25, 0.3) is 11.9 Å². The van der Waals surface area contributed by atoms with E-state index >= 15 is 0 Å². The Morgan fingerprint density at radius 2 is 1.53 bits per heavy atom. The Balaban J connectivity index is 2.03. The molecular formula is C13H16F4N2. The number of anilines is 1. The van der Waals surface area contributed by atoms with Crippen LogP contribution in [0.2, 0.25) is 0 Å². The number of aromatic nitrogens is 1. The Hall–Kier alpha value is -1.33. The highest BCUT2D eigenvalue weighted by Gasteiger charge is 2.23. The largest absolute Gasteiger partial charge is 0.380 e. The van der Waals surface area contributed by atoms with E-state index < -0.39 is 29.2 Å². The molecular weight excluding hydrogens is 260 g/mol. The first-order valence-electron chi connectivity index (χ1n) is 6.43. The van der Waals surface area contributed by atoms with Crippen molar-refractivity contribution in [3.63, 3.8) is 0 Å². The molecule has 0 unspecified atom stereocenters. The topological polar surface area (TPSA) is 24.9 Å². The van der Waals surface area contributed by atoms with Crippen LogP contribution in [0, 0.1) is 35.4 Å². The lowest BCUT2D eigenvalue weighted by Crippen LogP contribution is -2.21. The summed E-state index contributed by atoms with van der Waals surface area (Å²) in [6, 6.07) is 0. The van der Waals surface area contributed by atoms with Crippen LogP contribution in [0.3, 0.4) is 0 Å². The molecule has 0 atom stereocenters. The first-order valence-corrected chi connectivity index (χ1v) is 6.43. The predicted molar refractivity (Wildman–Crippen MR) is 63.7 cm³/mol. The molecule has 1 aliphatic rings. The Kier molecular flexibility index (Phi) is 4.27. The Labute approximate surface area is 109 Å². The molecule has 1 aromatic heterocycles. The highest BCUT2D eigenvalue weighted by Crippen LogP contribution is 2.29. The molecule has 2 nitrogen and oxygen atoms in total. The molecule has 1 saturated carbocycles. The second kappa shape index (κ2) is 5.75. The maximum Gasteiger partial charge on any atom is 0.253 e. The van der Waals surface area contributed by atoms with E-state index in [-0.39, 0.29) is 5.92 Å². The van der Waals surface area contributed by atoms with Gasteiger partial charge in [0, 0.05) is 6.54 Å². The van der Waals surface area contributed by atoms with Crippen LogP contribution in [-0.2, 0) is 0 Å². The van der Waals surface area contributed by atoms with Crippen LogP contribution in [0.4, 0.5) is 23.2 Å². The molecule has 0 amide bonds. The second-order valence-corrected chi connectivity index (χ2v) is 5.20. The lowest BCUT2D eigenvalue weighted by Gasteiger charge is -2.26. The van der Waals surface area contributed by atoms with E-state index in [0.717, 1.165) is 25.7 Å². The fourth-order valence-corrected chi connectivity index (χ4v) is 2.42. The van der Waals surface area contributed by atoms with E-state index in [9.17, 15) is 17.6 Å². The minimum absolute atomic E-state index is 0.272. The number of pyridine rings is 1. The summed E-state index contributed by atoms with van der Waals surface area (Å²) in [6.07, 6.45) is 4.04. The quantitative estimate of drug-likeness (QED) is 0.669. The summed E-state index contributed by atoms with van der Waals surface area (Å²) in [5.41, 5.74) is -0.761. The summed E-state index contributed by atoms with van der Waals surface area (Å²) in [4.78, 5) is 2.51.